The molecule has 3 aromatic carbocycles. The predicted octanol–water partition coefficient (Wildman–Crippen LogP) is 5.23. The summed E-state index contributed by atoms with van der Waals surface area (Å²) in [7, 11) is 1.68. The van der Waals surface area contributed by atoms with Crippen LogP contribution < -0.4 is 10.5 Å². The number of hydrogen-bond donors (Lipinski definition) is 2. The van der Waals surface area contributed by atoms with Gasteiger partial charge in [-0.2, -0.15) is 0 Å². The minimum absolute atomic E-state index is 0.168. The van der Waals surface area contributed by atoms with Crippen LogP contribution in [0.15, 0.2) is 85.1 Å². The highest BCUT2D eigenvalue weighted by molar-refractivity contribution is 5.83. The highest BCUT2D eigenvalue weighted by Gasteiger charge is 2.36. The Morgan fingerprint density at radius 1 is 0.976 bits per heavy atom. The molecule has 6 rings (SSSR count). The zero-order valence-corrected chi connectivity index (χ0v) is 24.1. The molecule has 0 saturated carbocycles. The van der Waals surface area contributed by atoms with Crippen LogP contribution in [0.4, 0.5) is 0 Å². The number of carbonyl (C=O) groups is 1. The fourth-order valence-electron chi connectivity index (χ4n) is 6.27. The van der Waals surface area contributed by atoms with Crippen LogP contribution in [0, 0.1) is 0 Å². The second-order valence-electron chi connectivity index (χ2n) is 11.1. The summed E-state index contributed by atoms with van der Waals surface area (Å²) < 4.78 is 7.66. The smallest absolute Gasteiger partial charge is 0.234 e. The quantitative estimate of drug-likeness (QED) is 0.230. The summed E-state index contributed by atoms with van der Waals surface area (Å²) >= 11 is 0. The average molecular weight is 563 g/mol. The largest absolute Gasteiger partial charge is 0.497 e. The van der Waals surface area contributed by atoms with Crippen LogP contribution in [-0.2, 0) is 30.6 Å². The van der Waals surface area contributed by atoms with Crippen molar-refractivity contribution in [2.75, 3.05) is 13.7 Å². The summed E-state index contributed by atoms with van der Waals surface area (Å²) in [4.78, 5) is 18.4. The number of para-hydroxylation sites is 1. The lowest BCUT2D eigenvalue weighted by Gasteiger charge is -2.39. The molecule has 1 amide bonds. The molecule has 5 aromatic rings. The molecule has 2 atom stereocenters. The van der Waals surface area contributed by atoms with E-state index in [1.54, 1.807) is 7.11 Å². The number of nitrogens with one attached hydrogen (secondary N) is 1. The van der Waals surface area contributed by atoms with Crippen LogP contribution in [0.2, 0.25) is 0 Å². The number of H-pyrrole nitrogens is 1. The molecule has 2 aromatic heterocycles. The van der Waals surface area contributed by atoms with Crippen molar-refractivity contribution in [1.82, 2.24) is 24.6 Å². The van der Waals surface area contributed by atoms with Crippen molar-refractivity contribution >= 4 is 16.8 Å². The SMILES string of the molecule is COc1ccc(Cn2c(CCc3ccccc3)nnc2[C@@H](Cc2c[nH]c3ccccc23)N2CCCC[C@@H]2C(N)=O)cc1. The first-order valence-electron chi connectivity index (χ1n) is 14.8. The number of piperidine rings is 1. The number of nitrogens with two attached hydrogens (primary N) is 1. The number of carbonyl (C=O) groups excluding carboxylic acids is 1. The van der Waals surface area contributed by atoms with Crippen LogP contribution in [-0.4, -0.2) is 50.3 Å². The van der Waals surface area contributed by atoms with Gasteiger partial charge in [-0.3, -0.25) is 9.69 Å². The van der Waals surface area contributed by atoms with Gasteiger partial charge in [0.05, 0.1) is 25.7 Å². The highest BCUT2D eigenvalue weighted by atomic mass is 16.5. The monoisotopic (exact) mass is 562 g/mol. The number of aryl methyl sites for hydroxylation is 2. The normalized spacial score (nSPS) is 16.5. The van der Waals surface area contributed by atoms with E-state index in [9.17, 15) is 4.79 Å². The number of amides is 1. The van der Waals surface area contributed by atoms with Gasteiger partial charge < -0.3 is 20.0 Å². The lowest BCUT2D eigenvalue weighted by atomic mass is 9.95. The first-order chi connectivity index (χ1) is 20.6. The second kappa shape index (κ2) is 12.6. The minimum Gasteiger partial charge on any atom is -0.497 e. The summed E-state index contributed by atoms with van der Waals surface area (Å²) in [6, 6.07) is 26.5. The van der Waals surface area contributed by atoms with E-state index in [0.29, 0.717) is 13.0 Å². The number of aromatic nitrogens is 4. The van der Waals surface area contributed by atoms with Crippen molar-refractivity contribution < 1.29 is 9.53 Å². The molecule has 0 aliphatic carbocycles. The van der Waals surface area contributed by atoms with Gasteiger partial charge in [-0.15, -0.1) is 10.2 Å². The number of rotatable bonds is 11. The van der Waals surface area contributed by atoms with E-state index in [2.05, 4.69) is 75.2 Å². The Morgan fingerprint density at radius 2 is 1.76 bits per heavy atom. The Bertz CT molecular complexity index is 1630. The summed E-state index contributed by atoms with van der Waals surface area (Å²) in [5, 5.41) is 10.8. The van der Waals surface area contributed by atoms with Gasteiger partial charge in [0.2, 0.25) is 5.91 Å². The number of hydrogen-bond acceptors (Lipinski definition) is 5. The molecule has 1 saturated heterocycles. The molecule has 1 aliphatic rings. The number of primary amides is 1. The number of likely N-dealkylation sites (tertiary alicyclic amines) is 1. The van der Waals surface area contributed by atoms with E-state index in [-0.39, 0.29) is 18.0 Å². The Balaban J connectivity index is 1.42. The van der Waals surface area contributed by atoms with Crippen LogP contribution >= 0.6 is 0 Å². The van der Waals surface area contributed by atoms with Crippen LogP contribution in [0.3, 0.4) is 0 Å². The van der Waals surface area contributed by atoms with Gasteiger partial charge in [0, 0.05) is 23.5 Å². The molecule has 0 radical (unpaired) electrons. The second-order valence-corrected chi connectivity index (χ2v) is 11.1. The van der Waals surface area contributed by atoms with E-state index in [4.69, 9.17) is 20.7 Å². The predicted molar refractivity (Wildman–Crippen MR) is 164 cm³/mol. The standard InChI is InChI=1S/C34H38N6O2/c1-42-27-17-14-25(15-18-27)23-40-32(19-16-24-9-3-2-4-10-24)37-38-34(40)31(39-20-8-7-13-30(39)33(35)41)21-26-22-36-29-12-6-5-11-28(26)29/h2-6,9-12,14-15,17-18,22,30-31,36H,7-8,13,16,19-21,23H2,1H3,(H2,35,41)/t30-,31-/m1/s1. The summed E-state index contributed by atoms with van der Waals surface area (Å²) in [5.41, 5.74) is 10.7. The van der Waals surface area contributed by atoms with Crippen molar-refractivity contribution in [3.63, 3.8) is 0 Å². The van der Waals surface area contributed by atoms with Crippen molar-refractivity contribution in [3.8, 4) is 5.75 Å². The van der Waals surface area contributed by atoms with Gasteiger partial charge in [0.25, 0.3) is 0 Å². The van der Waals surface area contributed by atoms with E-state index in [1.165, 1.54) is 16.5 Å². The maximum absolute atomic E-state index is 12.7. The number of methoxy groups -OCH3 is 1. The van der Waals surface area contributed by atoms with Gasteiger partial charge in [-0.1, -0.05) is 67.1 Å². The molecule has 3 N–H and O–H groups in total. The van der Waals surface area contributed by atoms with Crippen molar-refractivity contribution in [2.45, 2.75) is 57.2 Å². The molecule has 0 spiro atoms. The number of benzene rings is 3. The van der Waals surface area contributed by atoms with E-state index < -0.39 is 0 Å². The molecule has 8 heteroatoms. The Hall–Kier alpha value is -4.43. The van der Waals surface area contributed by atoms with E-state index in [0.717, 1.165) is 67.1 Å². The molecule has 216 valence electrons. The third-order valence-corrected chi connectivity index (χ3v) is 8.50. The minimum atomic E-state index is -0.340. The third kappa shape index (κ3) is 5.94. The molecule has 8 nitrogen and oxygen atoms in total. The molecule has 1 aliphatic heterocycles. The topological polar surface area (TPSA) is 102 Å². The Morgan fingerprint density at radius 3 is 2.55 bits per heavy atom. The molecular weight excluding hydrogens is 524 g/mol. The Labute approximate surface area is 246 Å². The maximum Gasteiger partial charge on any atom is 0.234 e. The number of fused-ring (bicyclic) bond motifs is 1. The summed E-state index contributed by atoms with van der Waals surface area (Å²) in [6.07, 6.45) is 7.16. The lowest BCUT2D eigenvalue weighted by molar-refractivity contribution is -0.125. The molecule has 42 heavy (non-hydrogen) atoms. The zero-order chi connectivity index (χ0) is 28.9. The van der Waals surface area contributed by atoms with Gasteiger partial charge >= 0.3 is 0 Å². The molecule has 3 heterocycles. The van der Waals surface area contributed by atoms with Crippen molar-refractivity contribution in [1.29, 1.82) is 0 Å². The van der Waals surface area contributed by atoms with Crippen molar-refractivity contribution in [3.05, 3.63) is 113 Å². The van der Waals surface area contributed by atoms with Crippen molar-refractivity contribution in [2.24, 2.45) is 5.73 Å². The zero-order valence-electron chi connectivity index (χ0n) is 24.1. The van der Waals surface area contributed by atoms with Gasteiger partial charge in [-0.05, 0) is 67.1 Å². The number of nitrogens with zero attached hydrogens (tertiary/aromatic N) is 4. The lowest BCUT2D eigenvalue weighted by Crippen LogP contribution is -2.50. The van der Waals surface area contributed by atoms with Crippen LogP contribution in [0.25, 0.3) is 10.9 Å². The summed E-state index contributed by atoms with van der Waals surface area (Å²) in [5.74, 6) is 2.35. The van der Waals surface area contributed by atoms with Gasteiger partial charge in [-0.25, -0.2) is 0 Å². The Kier molecular flexibility index (Phi) is 8.33. The van der Waals surface area contributed by atoms with Gasteiger partial charge in [0.1, 0.15) is 11.6 Å². The average Bonchev–Trinajstić information content (AvgIpc) is 3.63. The molecular formula is C34H38N6O2. The molecule has 0 unspecified atom stereocenters. The number of aromatic amines is 1. The van der Waals surface area contributed by atoms with Crippen LogP contribution in [0.1, 0.15) is 53.6 Å². The van der Waals surface area contributed by atoms with Crippen LogP contribution in [0.5, 0.6) is 5.75 Å². The maximum atomic E-state index is 12.7. The van der Waals surface area contributed by atoms with Gasteiger partial charge in [0.15, 0.2) is 5.82 Å². The van der Waals surface area contributed by atoms with E-state index in [1.807, 2.05) is 24.3 Å². The third-order valence-electron chi connectivity index (χ3n) is 8.50. The first kappa shape index (κ1) is 27.7. The van der Waals surface area contributed by atoms with E-state index >= 15 is 0 Å². The molecule has 1 fully saturated rings. The first-order valence-corrected chi connectivity index (χ1v) is 14.8. The highest BCUT2D eigenvalue weighted by Crippen LogP contribution is 2.34. The fourth-order valence-corrected chi connectivity index (χ4v) is 6.27. The fraction of sp³-hybridized carbons (Fsp3) is 0.324. The summed E-state index contributed by atoms with van der Waals surface area (Å²) in [6.45, 7) is 1.41. The molecule has 0 bridgehead atoms. The number of ether oxygens (including phenoxy) is 1.